The van der Waals surface area contributed by atoms with Gasteiger partial charge in [0.2, 0.25) is 0 Å². The molecule has 8 heteroatoms. The van der Waals surface area contributed by atoms with E-state index < -0.39 is 0 Å². The van der Waals surface area contributed by atoms with Crippen molar-refractivity contribution in [2.75, 3.05) is 0 Å². The molecule has 5 aromatic heterocycles. The normalized spacial score (nSPS) is 11.4. The van der Waals surface area contributed by atoms with Crippen LogP contribution in [0.3, 0.4) is 0 Å². The van der Waals surface area contributed by atoms with Crippen LogP contribution in [-0.4, -0.2) is 35.1 Å². The zero-order chi connectivity index (χ0) is 20.8. The van der Waals surface area contributed by atoms with Crippen molar-refractivity contribution in [3.63, 3.8) is 0 Å². The fraction of sp³-hybridized carbons (Fsp3) is 0. The lowest BCUT2D eigenvalue weighted by atomic mass is 10.1. The largest absolute Gasteiger partial charge is 0.335 e. The van der Waals surface area contributed by atoms with Gasteiger partial charge in [-0.25, -0.2) is 14.4 Å². The Labute approximate surface area is 175 Å². The number of nitrogens with zero attached hydrogens (tertiary/aromatic N) is 5. The van der Waals surface area contributed by atoms with Crippen molar-refractivity contribution in [2.24, 2.45) is 0 Å². The van der Waals surface area contributed by atoms with Gasteiger partial charge < -0.3 is 4.98 Å². The zero-order valence-corrected chi connectivity index (χ0v) is 16.0. The van der Waals surface area contributed by atoms with Crippen molar-refractivity contribution in [3.05, 3.63) is 79.1 Å². The van der Waals surface area contributed by atoms with Crippen LogP contribution in [0.4, 0.5) is 4.39 Å². The molecule has 0 atom stereocenters. The van der Waals surface area contributed by atoms with Gasteiger partial charge in [0.05, 0.1) is 22.9 Å². The first-order chi connectivity index (χ1) is 15.3. The van der Waals surface area contributed by atoms with Crippen LogP contribution < -0.4 is 0 Å². The highest BCUT2D eigenvalue weighted by Gasteiger charge is 2.16. The molecule has 0 saturated carbocycles. The van der Waals surface area contributed by atoms with Crippen LogP contribution in [0.5, 0.6) is 0 Å². The van der Waals surface area contributed by atoms with Crippen LogP contribution in [0, 0.1) is 5.82 Å². The number of halogens is 1. The smallest absolute Gasteiger partial charge is 0.178 e. The molecular formula is C23H14FN7. The van der Waals surface area contributed by atoms with Gasteiger partial charge in [-0.15, -0.1) is 0 Å². The monoisotopic (exact) mass is 407 g/mol. The fourth-order valence-electron chi connectivity index (χ4n) is 3.66. The maximum absolute atomic E-state index is 13.4. The zero-order valence-electron chi connectivity index (χ0n) is 16.0. The summed E-state index contributed by atoms with van der Waals surface area (Å²) in [6, 6.07) is 14.0. The average molecular weight is 407 g/mol. The summed E-state index contributed by atoms with van der Waals surface area (Å²) in [6.45, 7) is 0. The molecule has 6 aromatic rings. The van der Waals surface area contributed by atoms with Crippen LogP contribution in [0.1, 0.15) is 0 Å². The number of H-pyrrole nitrogens is 2. The molecular weight excluding hydrogens is 393 g/mol. The molecule has 6 rings (SSSR count). The molecule has 2 N–H and O–H groups in total. The number of pyridine rings is 3. The predicted molar refractivity (Wildman–Crippen MR) is 115 cm³/mol. The Morgan fingerprint density at radius 3 is 2.61 bits per heavy atom. The highest BCUT2D eigenvalue weighted by molar-refractivity contribution is 5.96. The third-order valence-electron chi connectivity index (χ3n) is 5.18. The minimum Gasteiger partial charge on any atom is -0.335 e. The molecule has 0 aliphatic rings. The summed E-state index contributed by atoms with van der Waals surface area (Å²) in [5, 5.41) is 8.36. The van der Waals surface area contributed by atoms with Crippen molar-refractivity contribution in [3.8, 4) is 33.9 Å². The summed E-state index contributed by atoms with van der Waals surface area (Å²) in [7, 11) is 0. The van der Waals surface area contributed by atoms with E-state index in [0.717, 1.165) is 38.8 Å². The molecule has 0 aliphatic carbocycles. The van der Waals surface area contributed by atoms with Gasteiger partial charge >= 0.3 is 0 Å². The van der Waals surface area contributed by atoms with E-state index in [-0.39, 0.29) is 5.82 Å². The van der Waals surface area contributed by atoms with Crippen LogP contribution in [0.25, 0.3) is 56.0 Å². The lowest BCUT2D eigenvalue weighted by Gasteiger charge is -2.02. The standard InChI is InChI=1S/C23H14FN7/c24-15-5-3-13(4-6-15)16-7-9-26-22-20(16)28-23(29-22)21-17-10-18(14-2-1-8-25-11-14)27-12-19(17)30-31-21/h1-12H,(H,30,31)(H,26,28,29). The molecule has 31 heavy (non-hydrogen) atoms. The molecule has 0 unspecified atom stereocenters. The van der Waals surface area contributed by atoms with Gasteiger partial charge in [0, 0.05) is 35.1 Å². The lowest BCUT2D eigenvalue weighted by Crippen LogP contribution is -1.85. The van der Waals surface area contributed by atoms with Crippen molar-refractivity contribution in [1.29, 1.82) is 0 Å². The number of hydrogen-bond acceptors (Lipinski definition) is 5. The molecule has 7 nitrogen and oxygen atoms in total. The number of hydrogen-bond donors (Lipinski definition) is 2. The number of imidazole rings is 1. The molecule has 0 fully saturated rings. The summed E-state index contributed by atoms with van der Waals surface area (Å²) in [5.74, 6) is 0.312. The summed E-state index contributed by atoms with van der Waals surface area (Å²) in [5.41, 5.74) is 6.28. The molecule has 0 bridgehead atoms. The number of aromatic nitrogens is 7. The Morgan fingerprint density at radius 1 is 0.871 bits per heavy atom. The summed E-state index contributed by atoms with van der Waals surface area (Å²) < 4.78 is 13.4. The molecule has 0 saturated heterocycles. The number of nitrogens with one attached hydrogen (secondary N) is 2. The Balaban J connectivity index is 1.51. The van der Waals surface area contributed by atoms with Crippen LogP contribution in [-0.2, 0) is 0 Å². The van der Waals surface area contributed by atoms with E-state index in [0.29, 0.717) is 17.2 Å². The minimum atomic E-state index is -0.277. The van der Waals surface area contributed by atoms with E-state index in [2.05, 4.69) is 35.1 Å². The highest BCUT2D eigenvalue weighted by atomic mass is 19.1. The van der Waals surface area contributed by atoms with Gasteiger partial charge in [0.1, 0.15) is 11.5 Å². The average Bonchev–Trinajstić information content (AvgIpc) is 3.43. The summed E-state index contributed by atoms with van der Waals surface area (Å²) in [6.07, 6.45) is 6.94. The minimum absolute atomic E-state index is 0.277. The second kappa shape index (κ2) is 6.81. The van der Waals surface area contributed by atoms with E-state index in [4.69, 9.17) is 0 Å². The van der Waals surface area contributed by atoms with E-state index in [1.807, 2.05) is 24.3 Å². The van der Waals surface area contributed by atoms with Crippen molar-refractivity contribution in [1.82, 2.24) is 35.1 Å². The molecule has 0 spiro atoms. The van der Waals surface area contributed by atoms with Crippen LogP contribution in [0.15, 0.2) is 73.3 Å². The van der Waals surface area contributed by atoms with Crippen molar-refractivity contribution in [2.45, 2.75) is 0 Å². The molecule has 1 aromatic carbocycles. The first-order valence-electron chi connectivity index (χ1n) is 9.62. The second-order valence-electron chi connectivity index (χ2n) is 7.08. The number of rotatable bonds is 3. The number of benzene rings is 1. The Kier molecular flexibility index (Phi) is 3.82. The van der Waals surface area contributed by atoms with Crippen LogP contribution in [0.2, 0.25) is 0 Å². The van der Waals surface area contributed by atoms with E-state index in [1.165, 1.54) is 12.1 Å². The fourth-order valence-corrected chi connectivity index (χ4v) is 3.66. The summed E-state index contributed by atoms with van der Waals surface area (Å²) >= 11 is 0. The number of aromatic amines is 2. The van der Waals surface area contributed by atoms with Gasteiger partial charge in [0.25, 0.3) is 0 Å². The third-order valence-corrected chi connectivity index (χ3v) is 5.18. The molecule has 0 aliphatic heterocycles. The Hall–Kier alpha value is -4.46. The SMILES string of the molecule is Fc1ccc(-c2ccnc3nc(-c4n[nH]c5cnc(-c6cccnc6)cc45)[nH]c23)cc1. The molecule has 148 valence electrons. The van der Waals surface area contributed by atoms with E-state index in [9.17, 15) is 4.39 Å². The van der Waals surface area contributed by atoms with Gasteiger partial charge in [-0.05, 0) is 42.0 Å². The molecule has 0 amide bonds. The Morgan fingerprint density at radius 2 is 1.77 bits per heavy atom. The van der Waals surface area contributed by atoms with Gasteiger partial charge in [-0.3, -0.25) is 15.1 Å². The van der Waals surface area contributed by atoms with Crippen LogP contribution >= 0.6 is 0 Å². The van der Waals surface area contributed by atoms with Crippen molar-refractivity contribution >= 4 is 22.1 Å². The maximum Gasteiger partial charge on any atom is 0.178 e. The Bertz CT molecular complexity index is 1540. The maximum atomic E-state index is 13.4. The third kappa shape index (κ3) is 2.93. The van der Waals surface area contributed by atoms with Gasteiger partial charge in [-0.1, -0.05) is 12.1 Å². The first kappa shape index (κ1) is 17.4. The second-order valence-corrected chi connectivity index (χ2v) is 7.08. The van der Waals surface area contributed by atoms with E-state index >= 15 is 0 Å². The quantitative estimate of drug-likeness (QED) is 0.441. The first-order valence-corrected chi connectivity index (χ1v) is 9.62. The molecule has 0 radical (unpaired) electrons. The summed E-state index contributed by atoms with van der Waals surface area (Å²) in [4.78, 5) is 21.1. The highest BCUT2D eigenvalue weighted by Crippen LogP contribution is 2.31. The molecule has 5 heterocycles. The van der Waals surface area contributed by atoms with E-state index in [1.54, 1.807) is 36.9 Å². The van der Waals surface area contributed by atoms with Crippen molar-refractivity contribution < 1.29 is 4.39 Å². The lowest BCUT2D eigenvalue weighted by molar-refractivity contribution is 0.628. The van der Waals surface area contributed by atoms with Gasteiger partial charge in [-0.2, -0.15) is 5.10 Å². The predicted octanol–water partition coefficient (Wildman–Crippen LogP) is 4.76. The number of fused-ring (bicyclic) bond motifs is 2. The topological polar surface area (TPSA) is 96.0 Å². The van der Waals surface area contributed by atoms with Gasteiger partial charge in [0.15, 0.2) is 11.5 Å².